The molecule has 60 heavy (non-hydrogen) atoms. The van der Waals surface area contributed by atoms with E-state index in [4.69, 9.17) is 0 Å². The quantitative estimate of drug-likeness (QED) is 0.163. The van der Waals surface area contributed by atoms with E-state index in [2.05, 4.69) is 230 Å². The van der Waals surface area contributed by atoms with Gasteiger partial charge in [-0.05, 0) is 112 Å². The highest BCUT2D eigenvalue weighted by atomic mass is 32.1. The van der Waals surface area contributed by atoms with Gasteiger partial charge in [-0.2, -0.15) is 0 Å². The largest absolute Gasteiger partial charge is 0.310 e. The van der Waals surface area contributed by atoms with Gasteiger partial charge < -0.3 is 9.47 Å². The third kappa shape index (κ3) is 5.33. The average Bonchev–Trinajstić information content (AvgIpc) is 3.92. The fraction of sp³-hybridized carbons (Fsp3) is 0.0526. The molecule has 1 aliphatic rings. The molecule has 2 aromatic heterocycles. The number of rotatable bonds is 6. The van der Waals surface area contributed by atoms with E-state index in [1.807, 2.05) is 11.3 Å². The summed E-state index contributed by atoms with van der Waals surface area (Å²) in [6.45, 7) is 4.78. The van der Waals surface area contributed by atoms with E-state index in [1.165, 1.54) is 92.2 Å². The predicted octanol–water partition coefficient (Wildman–Crippen LogP) is 16.3. The molecule has 1 aliphatic carbocycles. The Morgan fingerprint density at radius 3 is 1.75 bits per heavy atom. The molecule has 0 N–H and O–H groups in total. The Balaban J connectivity index is 0.974. The van der Waals surface area contributed by atoms with Gasteiger partial charge in [-0.3, -0.25) is 0 Å². The van der Waals surface area contributed by atoms with Crippen molar-refractivity contribution in [1.82, 2.24) is 4.57 Å². The highest BCUT2D eigenvalue weighted by Gasteiger charge is 2.37. The molecule has 0 radical (unpaired) electrons. The SMILES string of the molecule is CC1(C)c2cc(N(c3ccc(-c4ccccc4)cc3)c3ccc(-c4ccc5c(c4)c4ccccc4n5-c4ccccc4)cc3)ccc2-c2c1ccc1c2sc2ccccc21. The molecule has 0 saturated heterocycles. The minimum absolute atomic E-state index is 0.153. The van der Waals surface area contributed by atoms with Crippen LogP contribution in [0.1, 0.15) is 25.0 Å². The topological polar surface area (TPSA) is 8.17 Å². The second-order valence-electron chi connectivity index (χ2n) is 16.5. The number of hydrogen-bond donors (Lipinski definition) is 0. The Morgan fingerprint density at radius 1 is 0.417 bits per heavy atom. The number of thiophene rings is 1. The monoisotopic (exact) mass is 784 g/mol. The summed E-state index contributed by atoms with van der Waals surface area (Å²) in [7, 11) is 0. The van der Waals surface area contributed by atoms with Gasteiger partial charge in [0, 0.05) is 64.7 Å². The highest BCUT2D eigenvalue weighted by molar-refractivity contribution is 7.26. The van der Waals surface area contributed by atoms with Crippen molar-refractivity contribution in [2.75, 3.05) is 4.90 Å². The Labute approximate surface area is 353 Å². The zero-order chi connectivity index (χ0) is 40.0. The van der Waals surface area contributed by atoms with Crippen molar-refractivity contribution in [3.05, 3.63) is 217 Å². The van der Waals surface area contributed by atoms with Crippen LogP contribution in [0, 0.1) is 0 Å². The molecule has 0 bridgehead atoms. The maximum atomic E-state index is 2.45. The number of nitrogens with zero attached hydrogens (tertiary/aromatic N) is 2. The van der Waals surface area contributed by atoms with Crippen LogP contribution in [0.5, 0.6) is 0 Å². The molecule has 0 spiro atoms. The summed E-state index contributed by atoms with van der Waals surface area (Å²) in [4.78, 5) is 2.42. The van der Waals surface area contributed by atoms with Gasteiger partial charge in [0.25, 0.3) is 0 Å². The van der Waals surface area contributed by atoms with Gasteiger partial charge in [0.2, 0.25) is 0 Å². The van der Waals surface area contributed by atoms with E-state index in [0.717, 1.165) is 17.1 Å². The molecule has 0 fully saturated rings. The number of benzene rings is 9. The highest BCUT2D eigenvalue weighted by Crippen LogP contribution is 2.55. The van der Waals surface area contributed by atoms with Crippen molar-refractivity contribution in [3.8, 4) is 39.1 Å². The molecule has 0 unspecified atom stereocenters. The molecule has 9 aromatic carbocycles. The van der Waals surface area contributed by atoms with E-state index in [9.17, 15) is 0 Å². The minimum atomic E-state index is -0.153. The number of hydrogen-bond acceptors (Lipinski definition) is 2. The van der Waals surface area contributed by atoms with E-state index < -0.39 is 0 Å². The van der Waals surface area contributed by atoms with Crippen molar-refractivity contribution >= 4 is 70.4 Å². The van der Waals surface area contributed by atoms with E-state index >= 15 is 0 Å². The molecule has 284 valence electrons. The number of anilines is 3. The molecule has 0 aliphatic heterocycles. The van der Waals surface area contributed by atoms with Crippen molar-refractivity contribution in [2.45, 2.75) is 19.3 Å². The molecular formula is C57H40N2S. The van der Waals surface area contributed by atoms with Crippen molar-refractivity contribution in [2.24, 2.45) is 0 Å². The molecule has 2 heterocycles. The lowest BCUT2D eigenvalue weighted by Gasteiger charge is -2.28. The van der Waals surface area contributed by atoms with Crippen LogP contribution in [0.4, 0.5) is 17.1 Å². The molecule has 11 aromatic rings. The van der Waals surface area contributed by atoms with Crippen LogP contribution in [0.3, 0.4) is 0 Å². The second-order valence-corrected chi connectivity index (χ2v) is 17.6. The number of fused-ring (bicyclic) bond motifs is 10. The molecule has 12 rings (SSSR count). The van der Waals surface area contributed by atoms with E-state index in [-0.39, 0.29) is 5.41 Å². The first kappa shape index (κ1) is 34.8. The van der Waals surface area contributed by atoms with Crippen LogP contribution >= 0.6 is 11.3 Å². The molecule has 0 atom stereocenters. The smallest absolute Gasteiger partial charge is 0.0541 e. The van der Waals surface area contributed by atoms with E-state index in [0.29, 0.717) is 0 Å². The van der Waals surface area contributed by atoms with Gasteiger partial charge in [0.05, 0.1) is 11.0 Å². The van der Waals surface area contributed by atoms with Crippen molar-refractivity contribution in [1.29, 1.82) is 0 Å². The number of aromatic nitrogens is 1. The van der Waals surface area contributed by atoms with Crippen molar-refractivity contribution < 1.29 is 0 Å². The maximum Gasteiger partial charge on any atom is 0.0541 e. The van der Waals surface area contributed by atoms with Gasteiger partial charge in [-0.1, -0.05) is 147 Å². The Bertz CT molecular complexity index is 3430. The number of para-hydroxylation sites is 2. The summed E-state index contributed by atoms with van der Waals surface area (Å²) in [6.07, 6.45) is 0. The fourth-order valence-electron chi connectivity index (χ4n) is 9.82. The fourth-order valence-corrected chi connectivity index (χ4v) is 11.1. The first-order valence-electron chi connectivity index (χ1n) is 20.8. The lowest BCUT2D eigenvalue weighted by molar-refractivity contribution is 0.661. The molecule has 0 saturated carbocycles. The Hall–Kier alpha value is -7.20. The van der Waals surface area contributed by atoms with Gasteiger partial charge in [0.1, 0.15) is 0 Å². The van der Waals surface area contributed by atoms with Crippen LogP contribution in [-0.4, -0.2) is 4.57 Å². The second kappa shape index (κ2) is 13.4. The van der Waals surface area contributed by atoms with Gasteiger partial charge in [-0.25, -0.2) is 0 Å². The van der Waals surface area contributed by atoms with Gasteiger partial charge >= 0.3 is 0 Å². The standard InChI is InChI=1S/C57H40N2S/c1-57(2)50-33-32-47-46-18-10-12-20-54(46)60-56(47)55(50)48-31-30-44(36-51(48)57)58(42-26-21-38(22-27-42)37-13-5-3-6-14-37)43-28-23-39(24-29-43)40-25-34-53-49(35-40)45-17-9-11-19-52(45)59(53)41-15-7-4-8-16-41/h3-36H,1-2H3. The summed E-state index contributed by atoms with van der Waals surface area (Å²) >= 11 is 1.92. The van der Waals surface area contributed by atoms with E-state index in [1.54, 1.807) is 0 Å². The third-order valence-corrected chi connectivity index (χ3v) is 14.0. The van der Waals surface area contributed by atoms with Crippen LogP contribution < -0.4 is 4.90 Å². The molecule has 0 amide bonds. The molecule has 2 nitrogen and oxygen atoms in total. The van der Waals surface area contributed by atoms with Crippen LogP contribution in [0.2, 0.25) is 0 Å². The maximum absolute atomic E-state index is 2.45. The predicted molar refractivity (Wildman–Crippen MR) is 257 cm³/mol. The summed E-state index contributed by atoms with van der Waals surface area (Å²) in [5.74, 6) is 0. The van der Waals surface area contributed by atoms with Gasteiger partial charge in [-0.15, -0.1) is 11.3 Å². The minimum Gasteiger partial charge on any atom is -0.310 e. The summed E-state index contributed by atoms with van der Waals surface area (Å²) in [5, 5.41) is 5.21. The first-order chi connectivity index (χ1) is 29.5. The molecule has 3 heteroatoms. The van der Waals surface area contributed by atoms with Crippen LogP contribution in [0.25, 0.3) is 81.0 Å². The Kier molecular flexibility index (Phi) is 7.79. The normalized spacial score (nSPS) is 13.0. The van der Waals surface area contributed by atoms with Crippen LogP contribution in [-0.2, 0) is 5.41 Å². The first-order valence-corrected chi connectivity index (χ1v) is 21.6. The zero-order valence-electron chi connectivity index (χ0n) is 33.4. The Morgan fingerprint density at radius 2 is 1.00 bits per heavy atom. The summed E-state index contributed by atoms with van der Waals surface area (Å²) in [6, 6.07) is 75.8. The summed E-state index contributed by atoms with van der Waals surface area (Å²) < 4.78 is 5.11. The third-order valence-electron chi connectivity index (χ3n) is 12.8. The van der Waals surface area contributed by atoms with Crippen molar-refractivity contribution in [3.63, 3.8) is 0 Å². The molecular weight excluding hydrogens is 745 g/mol. The van der Waals surface area contributed by atoms with Gasteiger partial charge in [0.15, 0.2) is 0 Å². The summed E-state index contributed by atoms with van der Waals surface area (Å²) in [5.41, 5.74) is 17.2. The van der Waals surface area contributed by atoms with Crippen LogP contribution in [0.15, 0.2) is 206 Å². The average molecular weight is 785 g/mol. The lowest BCUT2D eigenvalue weighted by Crippen LogP contribution is -2.16. The zero-order valence-corrected chi connectivity index (χ0v) is 34.2. The lowest BCUT2D eigenvalue weighted by atomic mass is 9.82.